The van der Waals surface area contributed by atoms with Gasteiger partial charge in [-0.05, 0) is 23.8 Å². The molecule has 1 amide bonds. The van der Waals surface area contributed by atoms with Gasteiger partial charge in [-0.1, -0.05) is 41.9 Å². The highest BCUT2D eigenvalue weighted by molar-refractivity contribution is 6.41. The lowest BCUT2D eigenvalue weighted by atomic mass is 10.2. The zero-order valence-corrected chi connectivity index (χ0v) is 12.4. The van der Waals surface area contributed by atoms with Crippen molar-refractivity contribution < 1.29 is 4.79 Å². The predicted molar refractivity (Wildman–Crippen MR) is 86.0 cm³/mol. The molecule has 108 valence electrons. The fraction of sp³-hybridized carbons (Fsp3) is 0.125. The monoisotopic (exact) mass is 301 g/mol. The number of hydrazone groups is 1. The maximum absolute atomic E-state index is 11.7. The number of rotatable bonds is 5. The molecule has 0 radical (unpaired) electrons. The van der Waals surface area contributed by atoms with E-state index in [1.807, 2.05) is 60.3 Å². The molecule has 0 bridgehead atoms. The van der Waals surface area contributed by atoms with Gasteiger partial charge in [0.2, 0.25) is 5.91 Å². The summed E-state index contributed by atoms with van der Waals surface area (Å²) in [4.78, 5) is 11.7. The van der Waals surface area contributed by atoms with Gasteiger partial charge in [0.15, 0.2) is 0 Å². The summed E-state index contributed by atoms with van der Waals surface area (Å²) >= 11 is 6.02. The van der Waals surface area contributed by atoms with E-state index < -0.39 is 0 Å². The summed E-state index contributed by atoms with van der Waals surface area (Å²) in [6, 6.07) is 13.4. The minimum atomic E-state index is -0.183. The number of carbonyl (C=O) groups excluding carboxylic acids is 1. The molecule has 0 saturated heterocycles. The highest BCUT2D eigenvalue weighted by Crippen LogP contribution is 2.07. The Kier molecular flexibility index (Phi) is 5.35. The van der Waals surface area contributed by atoms with Gasteiger partial charge in [-0.15, -0.1) is 0 Å². The molecule has 0 spiro atoms. The molecule has 2 aromatic rings. The maximum atomic E-state index is 11.7. The summed E-state index contributed by atoms with van der Waals surface area (Å²) in [5.74, 6) is -0.183. The van der Waals surface area contributed by atoms with E-state index in [-0.39, 0.29) is 12.3 Å². The molecule has 0 aliphatic carbocycles. The Hall–Kier alpha value is -2.33. The lowest BCUT2D eigenvalue weighted by Gasteiger charge is -2.01. The van der Waals surface area contributed by atoms with Crippen LogP contribution < -0.4 is 5.43 Å². The molecule has 0 unspecified atom stereocenters. The van der Waals surface area contributed by atoms with Crippen molar-refractivity contribution in [1.29, 1.82) is 0 Å². The summed E-state index contributed by atoms with van der Waals surface area (Å²) in [6.45, 7) is 0. The van der Waals surface area contributed by atoms with Crippen LogP contribution in [0.3, 0.4) is 0 Å². The fourth-order valence-corrected chi connectivity index (χ4v) is 1.97. The van der Waals surface area contributed by atoms with Crippen LogP contribution in [0.15, 0.2) is 58.8 Å². The van der Waals surface area contributed by atoms with Crippen LogP contribution in [-0.4, -0.2) is 16.7 Å². The van der Waals surface area contributed by atoms with Crippen molar-refractivity contribution in [2.45, 2.75) is 6.42 Å². The molecular weight excluding hydrogens is 286 g/mol. The first-order chi connectivity index (χ1) is 10.1. The maximum Gasteiger partial charge on any atom is 0.245 e. The van der Waals surface area contributed by atoms with E-state index >= 15 is 0 Å². The van der Waals surface area contributed by atoms with E-state index in [2.05, 4.69) is 10.5 Å². The molecule has 2 rings (SSSR count). The number of benzene rings is 1. The van der Waals surface area contributed by atoms with Crippen molar-refractivity contribution in [2.75, 3.05) is 0 Å². The van der Waals surface area contributed by atoms with Crippen LogP contribution >= 0.6 is 11.6 Å². The number of carbonyl (C=O) groups is 1. The second-order valence-corrected chi connectivity index (χ2v) is 4.96. The Morgan fingerprint density at radius 1 is 1.29 bits per heavy atom. The van der Waals surface area contributed by atoms with Gasteiger partial charge in [0, 0.05) is 18.9 Å². The van der Waals surface area contributed by atoms with Crippen LogP contribution in [0.25, 0.3) is 6.08 Å². The van der Waals surface area contributed by atoms with Gasteiger partial charge in [-0.3, -0.25) is 4.79 Å². The second kappa shape index (κ2) is 7.45. The number of nitrogens with one attached hydrogen (secondary N) is 1. The van der Waals surface area contributed by atoms with E-state index in [0.29, 0.717) is 5.03 Å². The highest BCUT2D eigenvalue weighted by Gasteiger charge is 2.04. The van der Waals surface area contributed by atoms with E-state index in [4.69, 9.17) is 11.6 Å². The number of nitrogens with zero attached hydrogens (tertiary/aromatic N) is 2. The summed E-state index contributed by atoms with van der Waals surface area (Å²) < 4.78 is 1.89. The van der Waals surface area contributed by atoms with Crippen molar-refractivity contribution in [2.24, 2.45) is 12.1 Å². The van der Waals surface area contributed by atoms with Crippen LogP contribution in [-0.2, 0) is 18.3 Å². The van der Waals surface area contributed by atoms with Gasteiger partial charge in [0.1, 0.15) is 0 Å². The number of halogens is 1. The molecule has 21 heavy (non-hydrogen) atoms. The van der Waals surface area contributed by atoms with Crippen LogP contribution in [0.5, 0.6) is 0 Å². The Balaban J connectivity index is 1.86. The number of amides is 1. The molecule has 0 saturated carbocycles. The SMILES string of the molecule is Cn1cccc1CC(=O)N/N=C\C(Cl)=C\c1ccccc1. The average Bonchev–Trinajstić information content (AvgIpc) is 2.85. The lowest BCUT2D eigenvalue weighted by molar-refractivity contribution is -0.120. The van der Waals surface area contributed by atoms with Gasteiger partial charge in [-0.2, -0.15) is 5.10 Å². The number of hydrogen-bond acceptors (Lipinski definition) is 2. The molecule has 5 heteroatoms. The summed E-state index contributed by atoms with van der Waals surface area (Å²) in [5, 5.41) is 4.29. The Morgan fingerprint density at radius 3 is 2.71 bits per heavy atom. The van der Waals surface area contributed by atoms with Crippen LogP contribution in [0.4, 0.5) is 0 Å². The van der Waals surface area contributed by atoms with Crippen LogP contribution in [0, 0.1) is 0 Å². The Bertz CT molecular complexity index is 659. The molecule has 1 aromatic carbocycles. The minimum Gasteiger partial charge on any atom is -0.354 e. The molecule has 1 heterocycles. The van der Waals surface area contributed by atoms with Crippen LogP contribution in [0.2, 0.25) is 0 Å². The van der Waals surface area contributed by atoms with Crippen LogP contribution in [0.1, 0.15) is 11.3 Å². The van der Waals surface area contributed by atoms with Crippen molar-refractivity contribution in [3.05, 3.63) is 65.0 Å². The second-order valence-electron chi connectivity index (χ2n) is 4.52. The normalized spacial score (nSPS) is 11.8. The highest BCUT2D eigenvalue weighted by atomic mass is 35.5. The third-order valence-corrected chi connectivity index (χ3v) is 3.08. The van der Waals surface area contributed by atoms with E-state index in [9.17, 15) is 4.79 Å². The first-order valence-electron chi connectivity index (χ1n) is 6.49. The zero-order valence-electron chi connectivity index (χ0n) is 11.7. The fourth-order valence-electron chi connectivity index (χ4n) is 1.80. The molecule has 1 N–H and O–H groups in total. The summed E-state index contributed by atoms with van der Waals surface area (Å²) in [7, 11) is 1.89. The molecule has 1 aromatic heterocycles. The van der Waals surface area contributed by atoms with Gasteiger partial charge >= 0.3 is 0 Å². The topological polar surface area (TPSA) is 46.4 Å². The minimum absolute atomic E-state index is 0.183. The quantitative estimate of drug-likeness (QED) is 0.670. The van der Waals surface area contributed by atoms with Gasteiger partial charge in [-0.25, -0.2) is 5.43 Å². The molecule has 4 nitrogen and oxygen atoms in total. The first kappa shape index (κ1) is 15.1. The van der Waals surface area contributed by atoms with E-state index in [1.54, 1.807) is 6.08 Å². The molecule has 0 aliphatic rings. The van der Waals surface area contributed by atoms with Gasteiger partial charge < -0.3 is 4.57 Å². The van der Waals surface area contributed by atoms with E-state index in [1.165, 1.54) is 6.21 Å². The largest absolute Gasteiger partial charge is 0.354 e. The number of allylic oxidation sites excluding steroid dienone is 1. The number of hydrogen-bond donors (Lipinski definition) is 1. The number of aromatic nitrogens is 1. The van der Waals surface area contributed by atoms with Crippen molar-refractivity contribution in [1.82, 2.24) is 9.99 Å². The van der Waals surface area contributed by atoms with Crippen molar-refractivity contribution in [3.8, 4) is 0 Å². The number of aryl methyl sites for hydroxylation is 1. The van der Waals surface area contributed by atoms with Gasteiger partial charge in [0.25, 0.3) is 0 Å². The average molecular weight is 302 g/mol. The Labute approximate surface area is 128 Å². The molecule has 0 aliphatic heterocycles. The van der Waals surface area contributed by atoms with Crippen molar-refractivity contribution >= 4 is 29.8 Å². The first-order valence-corrected chi connectivity index (χ1v) is 6.87. The molecule has 0 fully saturated rings. The summed E-state index contributed by atoms with van der Waals surface area (Å²) in [6.07, 6.45) is 5.36. The Morgan fingerprint density at radius 2 is 2.05 bits per heavy atom. The molecule has 0 atom stereocenters. The lowest BCUT2D eigenvalue weighted by Crippen LogP contribution is -2.20. The van der Waals surface area contributed by atoms with Gasteiger partial charge in [0.05, 0.1) is 17.7 Å². The van der Waals surface area contributed by atoms with Crippen molar-refractivity contribution in [3.63, 3.8) is 0 Å². The standard InChI is InChI=1S/C16H16ClN3O/c1-20-9-5-8-15(20)11-16(21)19-18-12-14(17)10-13-6-3-2-4-7-13/h2-10,12H,11H2,1H3,(H,19,21)/b14-10-,18-12-. The smallest absolute Gasteiger partial charge is 0.245 e. The zero-order chi connectivity index (χ0) is 15.1. The van der Waals surface area contributed by atoms with E-state index in [0.717, 1.165) is 11.3 Å². The third-order valence-electron chi connectivity index (χ3n) is 2.87. The molecular formula is C16H16ClN3O. The predicted octanol–water partition coefficient (Wildman–Crippen LogP) is 2.95. The summed E-state index contributed by atoms with van der Waals surface area (Å²) in [5.41, 5.74) is 4.36. The third kappa shape index (κ3) is 4.93.